The maximum absolute atomic E-state index is 13.0. The van der Waals surface area contributed by atoms with E-state index in [1.165, 1.54) is 0 Å². The predicted octanol–water partition coefficient (Wildman–Crippen LogP) is 3.52. The van der Waals surface area contributed by atoms with Gasteiger partial charge in [-0.05, 0) is 56.6 Å². The lowest BCUT2D eigenvalue weighted by atomic mass is 9.82. The number of hydrogen-bond acceptors (Lipinski definition) is 3. The standard InChI is InChI=1S/C20H21F5N4O2/c1-11-16-17(30)28(15-4-2-3-14(27-11)29(15)16)10-13-7-5-12(6-8-13)9-26-18(31)19(21,22)20(23,24)25/h2-4,12-13H,5-10H2,1H3,(H,26,31)/t12-,13-. The molecule has 4 rings (SSSR count). The fourth-order valence-electron chi connectivity index (χ4n) is 4.41. The van der Waals surface area contributed by atoms with E-state index in [0.29, 0.717) is 49.1 Å². The number of halogens is 5. The summed E-state index contributed by atoms with van der Waals surface area (Å²) in [5.41, 5.74) is 2.55. The van der Waals surface area contributed by atoms with Crippen molar-refractivity contribution in [2.24, 2.45) is 11.8 Å². The molecule has 3 heterocycles. The number of amides is 1. The topological polar surface area (TPSA) is 68.4 Å². The highest BCUT2D eigenvalue weighted by atomic mass is 19.4. The summed E-state index contributed by atoms with van der Waals surface area (Å²) in [6, 6.07) is 5.52. The molecule has 0 aliphatic heterocycles. The van der Waals surface area contributed by atoms with Gasteiger partial charge < -0.3 is 5.32 Å². The normalized spacial score (nSPS) is 20.6. The van der Waals surface area contributed by atoms with Crippen LogP contribution in [0.5, 0.6) is 0 Å². The summed E-state index contributed by atoms with van der Waals surface area (Å²) in [6.07, 6.45) is -3.40. The van der Waals surface area contributed by atoms with Gasteiger partial charge in [0.1, 0.15) is 16.8 Å². The Kier molecular flexibility index (Phi) is 5.17. The molecule has 0 saturated heterocycles. The van der Waals surface area contributed by atoms with Gasteiger partial charge in [0, 0.05) is 13.1 Å². The van der Waals surface area contributed by atoms with Gasteiger partial charge in [-0.25, -0.2) is 4.98 Å². The monoisotopic (exact) mass is 444 g/mol. The SMILES string of the molecule is Cc1nc2cccc3n(C[C@H]4CC[C@H](CNC(=O)C(F)(F)C(F)(F)F)CC4)c(=O)c1n23. The maximum Gasteiger partial charge on any atom is 0.463 e. The van der Waals surface area contributed by atoms with E-state index in [1.807, 2.05) is 22.6 Å². The maximum atomic E-state index is 13.0. The van der Waals surface area contributed by atoms with E-state index < -0.39 is 18.0 Å². The zero-order valence-corrected chi connectivity index (χ0v) is 16.7. The summed E-state index contributed by atoms with van der Waals surface area (Å²) in [6.45, 7) is 2.05. The molecule has 0 unspecified atom stereocenters. The number of carbonyl (C=O) groups is 1. The van der Waals surface area contributed by atoms with E-state index in [0.717, 1.165) is 5.65 Å². The zero-order chi connectivity index (χ0) is 22.6. The summed E-state index contributed by atoms with van der Waals surface area (Å²) < 4.78 is 66.4. The summed E-state index contributed by atoms with van der Waals surface area (Å²) in [5, 5.41) is 1.74. The molecule has 1 aliphatic rings. The van der Waals surface area contributed by atoms with Crippen molar-refractivity contribution in [2.45, 2.75) is 51.3 Å². The Balaban J connectivity index is 1.37. The van der Waals surface area contributed by atoms with Gasteiger partial charge in [0.25, 0.3) is 11.5 Å². The van der Waals surface area contributed by atoms with Crippen LogP contribution < -0.4 is 10.9 Å². The van der Waals surface area contributed by atoms with E-state index in [4.69, 9.17) is 0 Å². The quantitative estimate of drug-likeness (QED) is 0.613. The largest absolute Gasteiger partial charge is 0.463 e. The molecule has 0 bridgehead atoms. The number of aryl methyl sites for hydroxylation is 1. The van der Waals surface area contributed by atoms with Crippen molar-refractivity contribution >= 4 is 22.7 Å². The summed E-state index contributed by atoms with van der Waals surface area (Å²) in [7, 11) is 0. The van der Waals surface area contributed by atoms with Gasteiger partial charge in [-0.1, -0.05) is 6.07 Å². The Bertz CT molecular complexity index is 1160. The minimum absolute atomic E-state index is 0.116. The lowest BCUT2D eigenvalue weighted by Gasteiger charge is -2.29. The summed E-state index contributed by atoms with van der Waals surface area (Å²) in [4.78, 5) is 28.5. The van der Waals surface area contributed by atoms with Crippen molar-refractivity contribution in [2.75, 3.05) is 6.54 Å². The number of imidazole rings is 2. The molecule has 1 saturated carbocycles. The molecule has 168 valence electrons. The van der Waals surface area contributed by atoms with Crippen LogP contribution in [0, 0.1) is 18.8 Å². The number of nitrogens with one attached hydrogen (secondary N) is 1. The lowest BCUT2D eigenvalue weighted by Crippen LogP contribution is -2.51. The molecule has 0 radical (unpaired) electrons. The first-order chi connectivity index (χ1) is 14.5. The third-order valence-electron chi connectivity index (χ3n) is 6.12. The predicted molar refractivity (Wildman–Crippen MR) is 102 cm³/mol. The molecule has 3 aromatic rings. The fourth-order valence-corrected chi connectivity index (χ4v) is 4.41. The number of carbonyl (C=O) groups excluding carboxylic acids is 1. The highest BCUT2D eigenvalue weighted by Gasteiger charge is 2.63. The molecule has 0 spiro atoms. The van der Waals surface area contributed by atoms with Gasteiger partial charge in [-0.2, -0.15) is 22.0 Å². The zero-order valence-electron chi connectivity index (χ0n) is 16.7. The molecule has 1 aliphatic carbocycles. The molecule has 11 heteroatoms. The van der Waals surface area contributed by atoms with Crippen LogP contribution in [-0.4, -0.2) is 38.5 Å². The van der Waals surface area contributed by atoms with Crippen LogP contribution in [0.15, 0.2) is 23.0 Å². The highest BCUT2D eigenvalue weighted by Crippen LogP contribution is 2.36. The van der Waals surface area contributed by atoms with Crippen molar-refractivity contribution in [1.82, 2.24) is 19.3 Å². The van der Waals surface area contributed by atoms with Crippen LogP contribution in [0.4, 0.5) is 22.0 Å². The second-order valence-corrected chi connectivity index (χ2v) is 8.21. The molecule has 1 amide bonds. The van der Waals surface area contributed by atoms with Crippen LogP contribution in [0.1, 0.15) is 31.4 Å². The van der Waals surface area contributed by atoms with Crippen molar-refractivity contribution in [1.29, 1.82) is 0 Å². The van der Waals surface area contributed by atoms with Gasteiger partial charge >= 0.3 is 12.1 Å². The van der Waals surface area contributed by atoms with Crippen molar-refractivity contribution < 1.29 is 26.7 Å². The van der Waals surface area contributed by atoms with Crippen molar-refractivity contribution in [3.63, 3.8) is 0 Å². The third-order valence-corrected chi connectivity index (χ3v) is 6.12. The van der Waals surface area contributed by atoms with Crippen LogP contribution in [0.25, 0.3) is 16.8 Å². The minimum atomic E-state index is -5.91. The van der Waals surface area contributed by atoms with Gasteiger partial charge in [0.2, 0.25) is 0 Å². The van der Waals surface area contributed by atoms with Gasteiger partial charge in [-0.3, -0.25) is 18.6 Å². The Hall–Kier alpha value is -2.72. The highest BCUT2D eigenvalue weighted by molar-refractivity contribution is 5.84. The first-order valence-electron chi connectivity index (χ1n) is 10.0. The summed E-state index contributed by atoms with van der Waals surface area (Å²) in [5.74, 6) is -7.73. The first-order valence-corrected chi connectivity index (χ1v) is 10.0. The number of hydrogen-bond donors (Lipinski definition) is 1. The smallest absolute Gasteiger partial charge is 0.350 e. The molecular formula is C20H21F5N4O2. The van der Waals surface area contributed by atoms with E-state index in [2.05, 4.69) is 4.98 Å². The van der Waals surface area contributed by atoms with E-state index >= 15 is 0 Å². The van der Waals surface area contributed by atoms with E-state index in [9.17, 15) is 31.5 Å². The molecule has 3 aromatic heterocycles. The average molecular weight is 444 g/mol. The molecule has 0 aromatic carbocycles. The lowest BCUT2D eigenvalue weighted by molar-refractivity contribution is -0.269. The number of alkyl halides is 5. The Morgan fingerprint density at radius 2 is 1.77 bits per heavy atom. The Morgan fingerprint density at radius 1 is 1.13 bits per heavy atom. The van der Waals surface area contributed by atoms with Crippen molar-refractivity contribution in [3.8, 4) is 0 Å². The van der Waals surface area contributed by atoms with Crippen molar-refractivity contribution in [3.05, 3.63) is 34.2 Å². The number of nitrogens with zero attached hydrogens (tertiary/aromatic N) is 3. The second kappa shape index (κ2) is 7.45. The minimum Gasteiger partial charge on any atom is -0.350 e. The van der Waals surface area contributed by atoms with Crippen LogP contribution in [0.3, 0.4) is 0 Å². The number of aromatic nitrogens is 3. The molecular weight excluding hydrogens is 423 g/mol. The third kappa shape index (κ3) is 3.63. The van der Waals surface area contributed by atoms with E-state index in [-0.39, 0.29) is 23.9 Å². The number of rotatable bonds is 5. The van der Waals surface area contributed by atoms with Crippen LogP contribution >= 0.6 is 0 Å². The first kappa shape index (κ1) is 21.5. The van der Waals surface area contributed by atoms with Gasteiger partial charge in [0.15, 0.2) is 0 Å². The van der Waals surface area contributed by atoms with E-state index in [1.54, 1.807) is 16.8 Å². The fraction of sp³-hybridized carbons (Fsp3) is 0.550. The Morgan fingerprint density at radius 3 is 2.42 bits per heavy atom. The molecule has 0 atom stereocenters. The molecule has 1 fully saturated rings. The molecule has 31 heavy (non-hydrogen) atoms. The summed E-state index contributed by atoms with van der Waals surface area (Å²) >= 11 is 0. The Labute approximate surface area is 173 Å². The molecule has 6 nitrogen and oxygen atoms in total. The van der Waals surface area contributed by atoms with Crippen LogP contribution in [-0.2, 0) is 11.3 Å². The average Bonchev–Trinajstić information content (AvgIpc) is 3.19. The second-order valence-electron chi connectivity index (χ2n) is 8.21. The van der Waals surface area contributed by atoms with Gasteiger partial charge in [-0.15, -0.1) is 0 Å². The van der Waals surface area contributed by atoms with Crippen LogP contribution in [0.2, 0.25) is 0 Å². The number of pyridine rings is 1. The molecule has 1 N–H and O–H groups in total. The van der Waals surface area contributed by atoms with Gasteiger partial charge in [0.05, 0.1) is 5.69 Å².